The van der Waals surface area contributed by atoms with E-state index in [0.29, 0.717) is 30.3 Å². The third kappa shape index (κ3) is 3.31. The smallest absolute Gasteiger partial charge is 0.274 e. The molecule has 0 spiro atoms. The first-order chi connectivity index (χ1) is 13.7. The number of anilines is 1. The number of hydrogen-bond donors (Lipinski definition) is 0. The Morgan fingerprint density at radius 1 is 1.11 bits per heavy atom. The van der Waals surface area contributed by atoms with Crippen LogP contribution in [-0.2, 0) is 6.54 Å². The zero-order valence-corrected chi connectivity index (χ0v) is 16.3. The number of aromatic nitrogens is 4. The molecule has 2 aromatic rings. The number of aryl methyl sites for hydroxylation is 2. The van der Waals surface area contributed by atoms with Crippen molar-refractivity contribution in [2.75, 3.05) is 24.6 Å². The Hall–Kier alpha value is -2.64. The Labute approximate surface area is 164 Å². The molecule has 1 amide bonds. The molecule has 2 fully saturated rings. The second-order valence-electron chi connectivity index (χ2n) is 7.97. The van der Waals surface area contributed by atoms with Gasteiger partial charge in [0, 0.05) is 56.0 Å². The van der Waals surface area contributed by atoms with Crippen LogP contribution in [0.2, 0.25) is 0 Å². The number of fused-ring (bicyclic) bond motifs is 1. The number of nitrogens with zero attached hydrogens (tertiary/aromatic N) is 6. The number of carbonyl (C=O) groups excluding carboxylic acids is 1. The molecular weight excluding hydrogens is 356 g/mol. The Morgan fingerprint density at radius 2 is 1.89 bits per heavy atom. The molecule has 1 aliphatic carbocycles. The highest BCUT2D eigenvalue weighted by atomic mass is 16.5. The Bertz CT molecular complexity index is 846. The van der Waals surface area contributed by atoms with Crippen molar-refractivity contribution in [1.29, 1.82) is 0 Å². The molecule has 2 aromatic heterocycles. The van der Waals surface area contributed by atoms with Crippen LogP contribution in [-0.4, -0.2) is 62.3 Å². The average Bonchev–Trinajstić information content (AvgIpc) is 3.45. The Balaban J connectivity index is 1.26. The molecule has 0 N–H and O–H groups in total. The summed E-state index contributed by atoms with van der Waals surface area (Å²) in [5, 5.41) is 4.45. The van der Waals surface area contributed by atoms with Gasteiger partial charge in [0.05, 0.1) is 6.61 Å². The van der Waals surface area contributed by atoms with Gasteiger partial charge in [-0.25, -0.2) is 14.6 Å². The average molecular weight is 382 g/mol. The van der Waals surface area contributed by atoms with Gasteiger partial charge in [0.15, 0.2) is 5.69 Å². The summed E-state index contributed by atoms with van der Waals surface area (Å²) in [7, 11) is 0. The molecule has 1 saturated carbocycles. The molecule has 148 valence electrons. The van der Waals surface area contributed by atoms with Crippen LogP contribution in [0, 0.1) is 6.92 Å². The van der Waals surface area contributed by atoms with Crippen LogP contribution in [0.1, 0.15) is 48.3 Å². The van der Waals surface area contributed by atoms with Crippen molar-refractivity contribution in [3.05, 3.63) is 29.8 Å². The van der Waals surface area contributed by atoms with Gasteiger partial charge in [-0.15, -0.1) is 0 Å². The normalized spacial score (nSPS) is 19.8. The minimum absolute atomic E-state index is 0.0137. The topological polar surface area (TPSA) is 76.4 Å². The third-order valence-corrected chi connectivity index (χ3v) is 5.87. The lowest BCUT2D eigenvalue weighted by Crippen LogP contribution is -2.48. The van der Waals surface area contributed by atoms with E-state index in [2.05, 4.69) is 26.0 Å². The largest absolute Gasteiger partial charge is 0.478 e. The van der Waals surface area contributed by atoms with Crippen molar-refractivity contribution in [3.8, 4) is 5.88 Å². The zero-order valence-electron chi connectivity index (χ0n) is 16.3. The molecule has 0 bridgehead atoms. The summed E-state index contributed by atoms with van der Waals surface area (Å²) < 4.78 is 7.39. The third-order valence-electron chi connectivity index (χ3n) is 5.87. The van der Waals surface area contributed by atoms with Crippen molar-refractivity contribution >= 4 is 11.7 Å². The van der Waals surface area contributed by atoms with Crippen molar-refractivity contribution in [2.24, 2.45) is 0 Å². The number of rotatable bonds is 4. The van der Waals surface area contributed by atoms with Gasteiger partial charge in [-0.05, 0) is 32.6 Å². The predicted molar refractivity (Wildman–Crippen MR) is 104 cm³/mol. The van der Waals surface area contributed by atoms with E-state index >= 15 is 0 Å². The monoisotopic (exact) mass is 382 g/mol. The number of carbonyl (C=O) groups is 1. The van der Waals surface area contributed by atoms with E-state index in [1.807, 2.05) is 11.8 Å². The molecule has 0 radical (unpaired) electrons. The summed E-state index contributed by atoms with van der Waals surface area (Å²) in [6.45, 7) is 5.02. The van der Waals surface area contributed by atoms with Gasteiger partial charge in [-0.1, -0.05) is 0 Å². The lowest BCUT2D eigenvalue weighted by atomic mass is 10.0. The molecule has 3 aliphatic rings. The highest BCUT2D eigenvalue weighted by Crippen LogP contribution is 2.35. The van der Waals surface area contributed by atoms with Crippen LogP contribution in [0.3, 0.4) is 0 Å². The zero-order chi connectivity index (χ0) is 19.1. The fourth-order valence-corrected chi connectivity index (χ4v) is 4.29. The van der Waals surface area contributed by atoms with Gasteiger partial charge >= 0.3 is 0 Å². The van der Waals surface area contributed by atoms with Crippen LogP contribution in [0.5, 0.6) is 5.88 Å². The molecular formula is C20H26N6O2. The molecule has 5 rings (SSSR count). The maximum absolute atomic E-state index is 12.9. The minimum Gasteiger partial charge on any atom is -0.478 e. The molecule has 8 nitrogen and oxygen atoms in total. The van der Waals surface area contributed by atoms with E-state index in [1.165, 1.54) is 12.8 Å². The highest BCUT2D eigenvalue weighted by molar-refractivity contribution is 5.92. The van der Waals surface area contributed by atoms with Gasteiger partial charge in [-0.2, -0.15) is 5.10 Å². The van der Waals surface area contributed by atoms with Gasteiger partial charge in [0.2, 0.25) is 5.88 Å². The molecule has 2 aliphatic heterocycles. The van der Waals surface area contributed by atoms with Gasteiger partial charge in [0.25, 0.3) is 5.91 Å². The van der Waals surface area contributed by atoms with Gasteiger partial charge in [0.1, 0.15) is 12.1 Å². The summed E-state index contributed by atoms with van der Waals surface area (Å²) in [5.74, 6) is 1.75. The van der Waals surface area contributed by atoms with E-state index < -0.39 is 0 Å². The SMILES string of the molecule is Cc1cc(N(C2CC2)C2CCN(C(=O)c3cc4n(n3)CCCO4)CC2)ncn1. The standard InChI is InChI=1S/C20H26N6O2/c1-14-11-18(22-13-21-14)26(15-3-4-15)16-5-8-24(9-6-16)20(27)17-12-19-25(23-17)7-2-10-28-19/h11-13,15-16H,2-10H2,1H3. The summed E-state index contributed by atoms with van der Waals surface area (Å²) in [6.07, 6.45) is 6.95. The Morgan fingerprint density at radius 3 is 2.61 bits per heavy atom. The van der Waals surface area contributed by atoms with Crippen LogP contribution < -0.4 is 9.64 Å². The molecule has 1 saturated heterocycles. The van der Waals surface area contributed by atoms with E-state index in [1.54, 1.807) is 17.1 Å². The first-order valence-corrected chi connectivity index (χ1v) is 10.3. The van der Waals surface area contributed by atoms with Crippen LogP contribution >= 0.6 is 0 Å². The van der Waals surface area contributed by atoms with Crippen LogP contribution in [0.4, 0.5) is 5.82 Å². The summed E-state index contributed by atoms with van der Waals surface area (Å²) >= 11 is 0. The number of likely N-dealkylation sites (tertiary alicyclic amines) is 1. The number of amides is 1. The molecule has 0 atom stereocenters. The van der Waals surface area contributed by atoms with E-state index in [9.17, 15) is 4.79 Å². The second kappa shape index (κ2) is 7.07. The number of piperidine rings is 1. The molecule has 4 heterocycles. The number of hydrogen-bond acceptors (Lipinski definition) is 6. The molecule has 0 aromatic carbocycles. The summed E-state index contributed by atoms with van der Waals surface area (Å²) in [6, 6.07) is 4.86. The van der Waals surface area contributed by atoms with E-state index in [4.69, 9.17) is 4.74 Å². The number of ether oxygens (including phenoxy) is 1. The Kier molecular flexibility index (Phi) is 4.41. The first kappa shape index (κ1) is 17.5. The quantitative estimate of drug-likeness (QED) is 0.805. The fourth-order valence-electron chi connectivity index (χ4n) is 4.29. The van der Waals surface area contributed by atoms with Gasteiger partial charge in [-0.3, -0.25) is 4.79 Å². The fraction of sp³-hybridized carbons (Fsp3) is 0.600. The maximum Gasteiger partial charge on any atom is 0.274 e. The molecule has 0 unspecified atom stereocenters. The van der Waals surface area contributed by atoms with E-state index in [0.717, 1.165) is 50.4 Å². The molecule has 28 heavy (non-hydrogen) atoms. The predicted octanol–water partition coefficient (Wildman–Crippen LogP) is 2.04. The molecule has 8 heteroatoms. The first-order valence-electron chi connectivity index (χ1n) is 10.3. The van der Waals surface area contributed by atoms with Crippen molar-refractivity contribution in [3.63, 3.8) is 0 Å². The summed E-state index contributed by atoms with van der Waals surface area (Å²) in [4.78, 5) is 26.1. The summed E-state index contributed by atoms with van der Waals surface area (Å²) in [5.41, 5.74) is 1.50. The maximum atomic E-state index is 12.9. The lowest BCUT2D eigenvalue weighted by molar-refractivity contribution is 0.0705. The van der Waals surface area contributed by atoms with Crippen molar-refractivity contribution in [2.45, 2.75) is 57.7 Å². The van der Waals surface area contributed by atoms with Gasteiger partial charge < -0.3 is 14.5 Å². The van der Waals surface area contributed by atoms with Crippen molar-refractivity contribution in [1.82, 2.24) is 24.6 Å². The van der Waals surface area contributed by atoms with Crippen LogP contribution in [0.25, 0.3) is 0 Å². The minimum atomic E-state index is 0.0137. The van der Waals surface area contributed by atoms with Crippen molar-refractivity contribution < 1.29 is 9.53 Å². The van der Waals surface area contributed by atoms with Crippen LogP contribution in [0.15, 0.2) is 18.5 Å². The lowest BCUT2D eigenvalue weighted by Gasteiger charge is -2.39. The van der Waals surface area contributed by atoms with E-state index in [-0.39, 0.29) is 5.91 Å². The second-order valence-corrected chi connectivity index (χ2v) is 7.97. The highest BCUT2D eigenvalue weighted by Gasteiger charge is 2.37.